The molecule has 2 aliphatic heterocycles. The largest absolute Gasteiger partial charge is 0.489 e. The van der Waals surface area contributed by atoms with Crippen LogP contribution in [0, 0.1) is 6.92 Å². The predicted molar refractivity (Wildman–Crippen MR) is 125 cm³/mol. The fraction of sp³-hybridized carbons (Fsp3) is 0.296. The van der Waals surface area contributed by atoms with Crippen LogP contribution in [0.1, 0.15) is 22.3 Å². The number of benzene rings is 3. The number of carbonyl (C=O) groups excluding carboxylic acids is 1. The Labute approximate surface area is 193 Å². The predicted octanol–water partition coefficient (Wildman–Crippen LogP) is 4.20. The van der Waals surface area contributed by atoms with E-state index in [1.807, 2.05) is 24.3 Å². The van der Waals surface area contributed by atoms with E-state index in [2.05, 4.69) is 42.6 Å². The van der Waals surface area contributed by atoms with Crippen LogP contribution in [0.5, 0.6) is 17.2 Å². The first-order valence-corrected chi connectivity index (χ1v) is 11.2. The van der Waals surface area contributed by atoms with Gasteiger partial charge >= 0.3 is 5.97 Å². The van der Waals surface area contributed by atoms with Crippen molar-refractivity contribution in [1.29, 1.82) is 0 Å². The zero-order chi connectivity index (χ0) is 22.8. The van der Waals surface area contributed by atoms with Gasteiger partial charge < -0.3 is 24.3 Å². The summed E-state index contributed by atoms with van der Waals surface area (Å²) < 4.78 is 22.4. The highest BCUT2D eigenvalue weighted by molar-refractivity contribution is 5.76. The molecule has 2 heterocycles. The Morgan fingerprint density at radius 3 is 2.73 bits per heavy atom. The van der Waals surface area contributed by atoms with Crippen LogP contribution >= 0.6 is 0 Å². The molecule has 6 heteroatoms. The summed E-state index contributed by atoms with van der Waals surface area (Å²) in [5, 5.41) is 3.23. The molecular weight excluding hydrogens is 418 g/mol. The minimum Gasteiger partial charge on any atom is -0.489 e. The first-order chi connectivity index (χ1) is 16.1. The number of methoxy groups -OCH3 is 1. The highest BCUT2D eigenvalue weighted by Crippen LogP contribution is 2.36. The highest BCUT2D eigenvalue weighted by atomic mass is 16.6. The number of carbonyl (C=O) groups is 1. The maximum Gasteiger partial charge on any atom is 0.323 e. The van der Waals surface area contributed by atoms with Gasteiger partial charge in [-0.2, -0.15) is 0 Å². The molecule has 0 aromatic heterocycles. The molecule has 0 bridgehead atoms. The second-order valence-electron chi connectivity index (χ2n) is 8.33. The van der Waals surface area contributed by atoms with Crippen molar-refractivity contribution < 1.29 is 23.7 Å². The smallest absolute Gasteiger partial charge is 0.323 e. The SMILES string of the molecule is COC(=O)[C@@H]1Cc2ccc(OCc3cccc(-c4ccc5c(c4)OCCO5)c3C)cc2CN1. The topological polar surface area (TPSA) is 66.0 Å². The van der Waals surface area contributed by atoms with Gasteiger partial charge in [0.05, 0.1) is 7.11 Å². The Morgan fingerprint density at radius 1 is 1.03 bits per heavy atom. The monoisotopic (exact) mass is 445 g/mol. The van der Waals surface area contributed by atoms with Crippen LogP contribution in [0.25, 0.3) is 11.1 Å². The zero-order valence-electron chi connectivity index (χ0n) is 18.9. The van der Waals surface area contributed by atoms with Crippen LogP contribution in [-0.2, 0) is 29.1 Å². The molecule has 0 amide bonds. The van der Waals surface area contributed by atoms with Crippen molar-refractivity contribution >= 4 is 5.97 Å². The van der Waals surface area contributed by atoms with Crippen LogP contribution in [0.4, 0.5) is 0 Å². The summed E-state index contributed by atoms with van der Waals surface area (Å²) >= 11 is 0. The molecule has 0 radical (unpaired) electrons. The summed E-state index contributed by atoms with van der Waals surface area (Å²) in [6.07, 6.45) is 0.624. The summed E-state index contributed by atoms with van der Waals surface area (Å²) in [6.45, 7) is 4.37. The van der Waals surface area contributed by atoms with E-state index in [0.29, 0.717) is 32.8 Å². The normalized spacial score (nSPS) is 16.6. The molecule has 170 valence electrons. The van der Waals surface area contributed by atoms with Crippen LogP contribution < -0.4 is 19.5 Å². The number of ether oxygens (including phenoxy) is 4. The molecule has 1 atom stereocenters. The van der Waals surface area contributed by atoms with Crippen molar-refractivity contribution in [2.24, 2.45) is 0 Å². The fourth-order valence-electron chi connectivity index (χ4n) is 4.41. The van der Waals surface area contributed by atoms with Crippen molar-refractivity contribution in [3.63, 3.8) is 0 Å². The van der Waals surface area contributed by atoms with Gasteiger partial charge in [-0.25, -0.2) is 0 Å². The number of nitrogens with one attached hydrogen (secondary N) is 1. The Kier molecular flexibility index (Phi) is 5.92. The van der Waals surface area contributed by atoms with Gasteiger partial charge in [0, 0.05) is 6.54 Å². The van der Waals surface area contributed by atoms with E-state index in [-0.39, 0.29) is 12.0 Å². The van der Waals surface area contributed by atoms with E-state index in [1.165, 1.54) is 12.7 Å². The summed E-state index contributed by atoms with van der Waals surface area (Å²) in [6, 6.07) is 18.1. The Balaban J connectivity index is 1.31. The van der Waals surface area contributed by atoms with E-state index in [0.717, 1.165) is 45.1 Å². The average Bonchev–Trinajstić information content (AvgIpc) is 2.87. The van der Waals surface area contributed by atoms with E-state index in [4.69, 9.17) is 18.9 Å². The number of rotatable bonds is 5. The maximum absolute atomic E-state index is 11.8. The van der Waals surface area contributed by atoms with E-state index in [1.54, 1.807) is 0 Å². The quantitative estimate of drug-likeness (QED) is 0.594. The highest BCUT2D eigenvalue weighted by Gasteiger charge is 2.25. The van der Waals surface area contributed by atoms with Gasteiger partial charge in [-0.15, -0.1) is 0 Å². The second-order valence-corrected chi connectivity index (χ2v) is 8.33. The van der Waals surface area contributed by atoms with Crippen molar-refractivity contribution in [2.75, 3.05) is 20.3 Å². The Bertz CT molecular complexity index is 1190. The molecule has 5 rings (SSSR count). The summed E-state index contributed by atoms with van der Waals surface area (Å²) in [5.41, 5.74) is 6.84. The third kappa shape index (κ3) is 4.39. The molecule has 0 fully saturated rings. The maximum atomic E-state index is 11.8. The van der Waals surface area contributed by atoms with Gasteiger partial charge in [-0.3, -0.25) is 4.79 Å². The molecule has 0 saturated heterocycles. The average molecular weight is 446 g/mol. The van der Waals surface area contributed by atoms with Gasteiger partial charge in [0.25, 0.3) is 0 Å². The number of esters is 1. The molecular formula is C27H27NO5. The lowest BCUT2D eigenvalue weighted by Crippen LogP contribution is -2.42. The third-order valence-corrected chi connectivity index (χ3v) is 6.32. The molecule has 3 aromatic rings. The molecule has 1 N–H and O–H groups in total. The van der Waals surface area contributed by atoms with E-state index in [9.17, 15) is 4.79 Å². The molecule has 6 nitrogen and oxygen atoms in total. The molecule has 0 unspecified atom stereocenters. The van der Waals surface area contributed by atoms with Crippen LogP contribution in [-0.4, -0.2) is 32.3 Å². The molecule has 0 spiro atoms. The lowest BCUT2D eigenvalue weighted by molar-refractivity contribution is -0.143. The number of hydrogen-bond acceptors (Lipinski definition) is 6. The lowest BCUT2D eigenvalue weighted by Gasteiger charge is -2.24. The molecule has 2 aliphatic rings. The van der Waals surface area contributed by atoms with Crippen LogP contribution in [0.3, 0.4) is 0 Å². The van der Waals surface area contributed by atoms with Crippen molar-refractivity contribution in [3.05, 3.63) is 76.9 Å². The van der Waals surface area contributed by atoms with Gasteiger partial charge in [-0.05, 0) is 71.0 Å². The number of hydrogen-bond donors (Lipinski definition) is 1. The lowest BCUT2D eigenvalue weighted by atomic mass is 9.95. The summed E-state index contributed by atoms with van der Waals surface area (Å²) in [4.78, 5) is 11.8. The minimum atomic E-state index is -0.291. The van der Waals surface area contributed by atoms with E-state index < -0.39 is 0 Å². The second kappa shape index (κ2) is 9.16. The molecule has 3 aromatic carbocycles. The van der Waals surface area contributed by atoms with Crippen molar-refractivity contribution in [2.45, 2.75) is 32.5 Å². The first-order valence-electron chi connectivity index (χ1n) is 11.2. The van der Waals surface area contributed by atoms with Gasteiger partial charge in [0.1, 0.15) is 31.6 Å². The zero-order valence-corrected chi connectivity index (χ0v) is 18.9. The van der Waals surface area contributed by atoms with Crippen LogP contribution in [0.15, 0.2) is 54.6 Å². The van der Waals surface area contributed by atoms with Gasteiger partial charge in [0.15, 0.2) is 11.5 Å². The first kappa shape index (κ1) is 21.3. The third-order valence-electron chi connectivity index (χ3n) is 6.32. The fourth-order valence-corrected chi connectivity index (χ4v) is 4.41. The summed E-state index contributed by atoms with van der Waals surface area (Å²) in [7, 11) is 1.42. The molecule has 0 saturated carbocycles. The van der Waals surface area contributed by atoms with Crippen molar-refractivity contribution in [3.8, 4) is 28.4 Å². The van der Waals surface area contributed by atoms with E-state index >= 15 is 0 Å². The Morgan fingerprint density at radius 2 is 1.88 bits per heavy atom. The molecule has 0 aliphatic carbocycles. The Hall–Kier alpha value is -3.51. The standard InChI is InChI=1S/C27H27NO5/c1-17-20(4-3-5-23(17)19-7-9-25-26(14-19)32-11-10-31-25)16-33-22-8-6-18-13-24(27(29)30-2)28-15-21(18)12-22/h3-9,12,14,24,28H,10-11,13,15-16H2,1-2H3/t24-/m0/s1. The summed E-state index contributed by atoms with van der Waals surface area (Å²) in [5.74, 6) is 2.17. The van der Waals surface area contributed by atoms with Gasteiger partial charge in [-0.1, -0.05) is 30.3 Å². The molecule has 33 heavy (non-hydrogen) atoms. The van der Waals surface area contributed by atoms with Crippen LogP contribution in [0.2, 0.25) is 0 Å². The number of fused-ring (bicyclic) bond motifs is 2. The minimum absolute atomic E-state index is 0.227. The van der Waals surface area contributed by atoms with Crippen molar-refractivity contribution in [1.82, 2.24) is 5.32 Å². The van der Waals surface area contributed by atoms with Gasteiger partial charge in [0.2, 0.25) is 0 Å².